The molecule has 1 heterocycles. The number of hydrogen-bond acceptors (Lipinski definition) is 1. The fraction of sp³-hybridized carbons (Fsp3) is 0.0986. The zero-order chi connectivity index (χ0) is 50.7. The van der Waals surface area contributed by atoms with E-state index in [2.05, 4.69) is 258 Å². The highest BCUT2D eigenvalue weighted by Crippen LogP contribution is 2.45. The zero-order valence-electron chi connectivity index (χ0n) is 42.9. The number of allylic oxidation sites excluding steroid dienone is 4. The van der Waals surface area contributed by atoms with Crippen LogP contribution in [-0.4, -0.2) is 11.1 Å². The van der Waals surface area contributed by atoms with Crippen LogP contribution >= 0.6 is 0 Å². The number of benzene rings is 10. The van der Waals surface area contributed by atoms with E-state index in [1.54, 1.807) is 0 Å². The fourth-order valence-corrected chi connectivity index (χ4v) is 9.95. The van der Waals surface area contributed by atoms with E-state index in [0.29, 0.717) is 0 Å². The monoisotopic (exact) mass is 945 g/mol. The molecule has 11 rings (SSSR count). The maximum Gasteiger partial charge on any atom is 0.0488 e. The van der Waals surface area contributed by atoms with Gasteiger partial charge in [-0.25, -0.2) is 0 Å². The molecule has 0 bridgehead atoms. The molecule has 0 saturated carbocycles. The highest BCUT2D eigenvalue weighted by Gasteiger charge is 2.18. The summed E-state index contributed by atoms with van der Waals surface area (Å²) in [6.07, 6.45) is 15.5. The Labute approximate surface area is 432 Å². The van der Waals surface area contributed by atoms with Crippen molar-refractivity contribution in [3.05, 3.63) is 283 Å². The lowest BCUT2D eigenvalue weighted by Gasteiger charge is -2.24. The third-order valence-electron chi connectivity index (χ3n) is 13.9. The smallest absolute Gasteiger partial charge is 0.0488 e. The minimum atomic E-state index is 0.766. The highest BCUT2D eigenvalue weighted by molar-refractivity contribution is 6.29. The minimum absolute atomic E-state index is 0.766. The van der Waals surface area contributed by atoms with E-state index in [9.17, 15) is 0 Å². The standard InChI is InChI=1S/C47H35N.C17H21N.C7H8/c1-30-31(2)48(3)45-28-33(20-24-38(30)45)18-17-32-19-21-36-29-37(23-22-35(36)27-32)39-25-26-44-42-15-8-7-13-40(42)41-14-9-10-16-43(41)47(44)46(39)34-11-5-4-6-12-34;1-4-7-9-12-16(6-3)18(15-5-2)17-13-10-8-11-14-17;1-7-5-3-2-4-6-7/h4-29H,1-3H3;5-14H,2-4,15H2,1H3;2-6H,1H3/b18-17+;9-7-,16-12+;. The van der Waals surface area contributed by atoms with Crippen LogP contribution in [0, 0.1) is 20.8 Å². The minimum Gasteiger partial charge on any atom is -0.348 e. The molecule has 1 aromatic heterocycles. The Morgan fingerprint density at radius 3 is 1.71 bits per heavy atom. The van der Waals surface area contributed by atoms with Gasteiger partial charge in [0.15, 0.2) is 0 Å². The van der Waals surface area contributed by atoms with E-state index in [1.165, 1.54) is 104 Å². The van der Waals surface area contributed by atoms with Crippen LogP contribution in [0.4, 0.5) is 5.69 Å². The summed E-state index contributed by atoms with van der Waals surface area (Å²) in [7, 11) is 2.15. The Morgan fingerprint density at radius 2 is 1.08 bits per heavy atom. The number of rotatable bonds is 11. The fourth-order valence-electron chi connectivity index (χ4n) is 9.95. The molecule has 0 atom stereocenters. The molecule has 0 aliphatic rings. The molecule has 10 aromatic carbocycles. The van der Waals surface area contributed by atoms with Gasteiger partial charge in [-0.1, -0.05) is 225 Å². The van der Waals surface area contributed by atoms with Crippen molar-refractivity contribution >= 4 is 71.8 Å². The van der Waals surface area contributed by atoms with E-state index < -0.39 is 0 Å². The molecule has 2 nitrogen and oxygen atoms in total. The number of para-hydroxylation sites is 1. The maximum absolute atomic E-state index is 3.89. The molecule has 0 saturated heterocycles. The first kappa shape index (κ1) is 49.3. The summed E-state index contributed by atoms with van der Waals surface area (Å²) >= 11 is 0. The summed E-state index contributed by atoms with van der Waals surface area (Å²) in [5.41, 5.74) is 14.9. The van der Waals surface area contributed by atoms with Gasteiger partial charge in [-0.15, -0.1) is 6.58 Å². The molecule has 2 heteroatoms. The molecule has 0 aliphatic heterocycles. The number of hydrogen-bond donors (Lipinski definition) is 0. The normalized spacial score (nSPS) is 11.5. The van der Waals surface area contributed by atoms with Gasteiger partial charge in [0, 0.05) is 41.6 Å². The Morgan fingerprint density at radius 1 is 0.534 bits per heavy atom. The van der Waals surface area contributed by atoms with Gasteiger partial charge in [-0.2, -0.15) is 0 Å². The van der Waals surface area contributed by atoms with Crippen LogP contribution in [0.1, 0.15) is 41.3 Å². The van der Waals surface area contributed by atoms with E-state index >= 15 is 0 Å². The molecule has 358 valence electrons. The van der Waals surface area contributed by atoms with Gasteiger partial charge in [0.25, 0.3) is 0 Å². The van der Waals surface area contributed by atoms with Crippen molar-refractivity contribution in [2.75, 3.05) is 11.4 Å². The third-order valence-corrected chi connectivity index (χ3v) is 13.9. The predicted molar refractivity (Wildman–Crippen MR) is 322 cm³/mol. The number of nitrogens with zero attached hydrogens (tertiary/aromatic N) is 2. The highest BCUT2D eigenvalue weighted by atomic mass is 15.1. The predicted octanol–water partition coefficient (Wildman–Crippen LogP) is 19.6. The van der Waals surface area contributed by atoms with Crippen LogP contribution in [0.5, 0.6) is 0 Å². The van der Waals surface area contributed by atoms with E-state index in [4.69, 9.17) is 0 Å². The van der Waals surface area contributed by atoms with Gasteiger partial charge in [0.2, 0.25) is 0 Å². The largest absolute Gasteiger partial charge is 0.348 e. The molecule has 0 aliphatic carbocycles. The molecule has 0 fully saturated rings. The average Bonchev–Trinajstić information content (AvgIpc) is 3.66. The van der Waals surface area contributed by atoms with Crippen LogP contribution in [0.25, 0.3) is 88.4 Å². The molecular weight excluding hydrogens is 881 g/mol. The topological polar surface area (TPSA) is 8.17 Å². The van der Waals surface area contributed by atoms with Crippen molar-refractivity contribution in [2.24, 2.45) is 7.05 Å². The first-order chi connectivity index (χ1) is 35.8. The summed E-state index contributed by atoms with van der Waals surface area (Å²) < 4.78 is 2.29. The quantitative estimate of drug-likeness (QED) is 0.0543. The lowest BCUT2D eigenvalue weighted by Crippen LogP contribution is -2.21. The molecule has 0 radical (unpaired) electrons. The Hall–Kier alpha value is -8.72. The summed E-state index contributed by atoms with van der Waals surface area (Å²) in [4.78, 5) is 2.18. The number of fused-ring (bicyclic) bond motifs is 8. The molecule has 0 N–H and O–H groups in total. The summed E-state index contributed by atoms with van der Waals surface area (Å²) in [6.45, 7) is 17.1. The van der Waals surface area contributed by atoms with Crippen LogP contribution in [0.3, 0.4) is 0 Å². The van der Waals surface area contributed by atoms with Crippen LogP contribution in [-0.2, 0) is 7.05 Å². The average molecular weight is 945 g/mol. The Balaban J connectivity index is 0.000000217. The lowest BCUT2D eigenvalue weighted by molar-refractivity contribution is 0.910. The number of aryl methyl sites for hydroxylation is 3. The van der Waals surface area contributed by atoms with Gasteiger partial charge in [0.05, 0.1) is 0 Å². The van der Waals surface area contributed by atoms with Crippen molar-refractivity contribution in [2.45, 2.75) is 34.1 Å². The van der Waals surface area contributed by atoms with Gasteiger partial charge in [-0.05, 0) is 152 Å². The first-order valence-electron chi connectivity index (χ1n) is 25.4. The van der Waals surface area contributed by atoms with Crippen LogP contribution < -0.4 is 4.90 Å². The van der Waals surface area contributed by atoms with Crippen LogP contribution in [0.15, 0.2) is 255 Å². The van der Waals surface area contributed by atoms with Crippen molar-refractivity contribution in [1.82, 2.24) is 4.57 Å². The third kappa shape index (κ3) is 10.8. The van der Waals surface area contributed by atoms with Crippen molar-refractivity contribution < 1.29 is 0 Å². The number of anilines is 1. The van der Waals surface area contributed by atoms with Crippen molar-refractivity contribution in [3.63, 3.8) is 0 Å². The second-order valence-electron chi connectivity index (χ2n) is 18.6. The SMILES string of the molecule is C=CCN(/C(C=C)=C/C=C\CC)c1ccccc1.Cc1c(C)n(C)c2cc(/C=C/c3ccc4cc(-c5ccc6c7ccccc7c7ccccc7c6c5-c5ccccc5)ccc4c3)ccc12.Cc1ccccc1. The Bertz CT molecular complexity index is 3780. The summed E-state index contributed by atoms with van der Waals surface area (Å²) in [5, 5.41) is 11.6. The molecule has 0 unspecified atom stereocenters. The van der Waals surface area contributed by atoms with E-state index in [-0.39, 0.29) is 0 Å². The van der Waals surface area contributed by atoms with E-state index in [0.717, 1.165) is 24.4 Å². The Kier molecular flexibility index (Phi) is 15.5. The van der Waals surface area contributed by atoms with Gasteiger partial charge >= 0.3 is 0 Å². The van der Waals surface area contributed by atoms with Gasteiger partial charge in [-0.3, -0.25) is 0 Å². The molecule has 0 amide bonds. The van der Waals surface area contributed by atoms with Gasteiger partial charge in [0.1, 0.15) is 0 Å². The maximum atomic E-state index is 3.89. The molecule has 73 heavy (non-hydrogen) atoms. The van der Waals surface area contributed by atoms with Gasteiger partial charge < -0.3 is 9.47 Å². The van der Waals surface area contributed by atoms with Crippen LogP contribution in [0.2, 0.25) is 0 Å². The molecule has 0 spiro atoms. The molecule has 11 aromatic rings. The second-order valence-corrected chi connectivity index (χ2v) is 18.6. The van der Waals surface area contributed by atoms with Crippen molar-refractivity contribution in [1.29, 1.82) is 0 Å². The number of aromatic nitrogens is 1. The summed E-state index contributed by atoms with van der Waals surface area (Å²) in [5.74, 6) is 0. The molecular formula is C71H64N2. The van der Waals surface area contributed by atoms with Crippen molar-refractivity contribution in [3.8, 4) is 22.3 Å². The second kappa shape index (κ2) is 23.0. The van der Waals surface area contributed by atoms with E-state index in [1.807, 2.05) is 48.6 Å². The zero-order valence-corrected chi connectivity index (χ0v) is 42.9. The summed E-state index contributed by atoms with van der Waals surface area (Å²) in [6, 6.07) is 74.3. The first-order valence-corrected chi connectivity index (χ1v) is 25.4. The lowest BCUT2D eigenvalue weighted by atomic mass is 9.85.